The molecule has 0 aliphatic heterocycles. The maximum absolute atomic E-state index is 4.44. The Labute approximate surface area is 108 Å². The highest BCUT2D eigenvalue weighted by atomic mass is 15.3. The van der Waals surface area contributed by atoms with Crippen molar-refractivity contribution in [3.05, 3.63) is 35.4 Å². The van der Waals surface area contributed by atoms with E-state index in [1.54, 1.807) is 0 Å². The first-order valence-electron chi connectivity index (χ1n) is 6.33. The summed E-state index contributed by atoms with van der Waals surface area (Å²) < 4.78 is 3.71. The van der Waals surface area contributed by atoms with E-state index in [1.165, 1.54) is 16.8 Å². The Morgan fingerprint density at radius 1 is 1.28 bits per heavy atom. The lowest BCUT2D eigenvalue weighted by molar-refractivity contribution is 0.572. The van der Waals surface area contributed by atoms with Crippen LogP contribution in [0.2, 0.25) is 0 Å². The van der Waals surface area contributed by atoms with Gasteiger partial charge in [0.2, 0.25) is 0 Å². The van der Waals surface area contributed by atoms with Gasteiger partial charge in [0.15, 0.2) is 0 Å². The third kappa shape index (κ3) is 2.79. The molecular weight excluding hydrogens is 226 g/mol. The molecule has 5 nitrogen and oxygen atoms in total. The number of aryl methyl sites for hydroxylation is 3. The summed E-state index contributed by atoms with van der Waals surface area (Å²) in [5, 5.41) is 12.1. The van der Waals surface area contributed by atoms with Gasteiger partial charge < -0.3 is 5.32 Å². The molecule has 1 N–H and O–H groups in total. The Bertz CT molecular complexity index is 511. The Kier molecular flexibility index (Phi) is 3.81. The van der Waals surface area contributed by atoms with E-state index in [4.69, 9.17) is 0 Å². The zero-order chi connectivity index (χ0) is 13.1. The molecule has 0 aliphatic rings. The van der Waals surface area contributed by atoms with Crippen LogP contribution < -0.4 is 5.32 Å². The molecule has 5 heteroatoms. The molecule has 0 radical (unpaired) electrons. The Balaban J connectivity index is 1.98. The van der Waals surface area contributed by atoms with Gasteiger partial charge in [-0.2, -0.15) is 10.2 Å². The predicted octanol–water partition coefficient (Wildman–Crippen LogP) is 1.57. The first kappa shape index (κ1) is 12.8. The average Bonchev–Trinajstić information content (AvgIpc) is 2.92. The molecule has 0 aliphatic carbocycles. The first-order chi connectivity index (χ1) is 8.60. The molecule has 0 saturated carbocycles. The maximum Gasteiger partial charge on any atom is 0.0666 e. The number of rotatable bonds is 5. The highest BCUT2D eigenvalue weighted by Crippen LogP contribution is 2.13. The number of nitrogens with zero attached hydrogens (tertiary/aromatic N) is 4. The summed E-state index contributed by atoms with van der Waals surface area (Å²) in [6, 6.07) is 0.295. The van der Waals surface area contributed by atoms with Gasteiger partial charge in [-0.15, -0.1) is 0 Å². The first-order valence-corrected chi connectivity index (χ1v) is 6.33. The Morgan fingerprint density at radius 2 is 2.06 bits per heavy atom. The zero-order valence-electron chi connectivity index (χ0n) is 11.5. The topological polar surface area (TPSA) is 47.7 Å². The van der Waals surface area contributed by atoms with E-state index in [2.05, 4.69) is 35.6 Å². The fraction of sp³-hybridized carbons (Fsp3) is 0.538. The summed E-state index contributed by atoms with van der Waals surface area (Å²) in [5.41, 5.74) is 3.65. The van der Waals surface area contributed by atoms with Crippen molar-refractivity contribution in [2.45, 2.75) is 32.9 Å². The van der Waals surface area contributed by atoms with Crippen LogP contribution in [0.1, 0.15) is 36.7 Å². The van der Waals surface area contributed by atoms with E-state index in [0.717, 1.165) is 13.0 Å². The molecule has 2 aromatic heterocycles. The van der Waals surface area contributed by atoms with Crippen molar-refractivity contribution in [2.75, 3.05) is 0 Å². The van der Waals surface area contributed by atoms with Crippen molar-refractivity contribution >= 4 is 0 Å². The van der Waals surface area contributed by atoms with Crippen molar-refractivity contribution in [1.29, 1.82) is 0 Å². The van der Waals surface area contributed by atoms with Gasteiger partial charge in [-0.3, -0.25) is 9.36 Å². The molecule has 0 saturated heterocycles. The van der Waals surface area contributed by atoms with Gasteiger partial charge in [0.05, 0.1) is 11.9 Å². The quantitative estimate of drug-likeness (QED) is 0.872. The van der Waals surface area contributed by atoms with Crippen molar-refractivity contribution in [3.63, 3.8) is 0 Å². The van der Waals surface area contributed by atoms with Crippen LogP contribution in [0.4, 0.5) is 0 Å². The third-order valence-corrected chi connectivity index (χ3v) is 3.15. The van der Waals surface area contributed by atoms with Crippen LogP contribution in [0.3, 0.4) is 0 Å². The third-order valence-electron chi connectivity index (χ3n) is 3.15. The zero-order valence-corrected chi connectivity index (χ0v) is 11.5. The van der Waals surface area contributed by atoms with Gasteiger partial charge in [-0.05, 0) is 13.3 Å². The van der Waals surface area contributed by atoms with Crippen molar-refractivity contribution in [2.24, 2.45) is 14.1 Å². The van der Waals surface area contributed by atoms with Crippen LogP contribution in [-0.4, -0.2) is 19.6 Å². The fourth-order valence-corrected chi connectivity index (χ4v) is 2.07. The summed E-state index contributed by atoms with van der Waals surface area (Å²) in [6.07, 6.45) is 7.00. The van der Waals surface area contributed by atoms with E-state index in [9.17, 15) is 0 Å². The summed E-state index contributed by atoms with van der Waals surface area (Å²) in [6.45, 7) is 5.13. The molecule has 18 heavy (non-hydrogen) atoms. The molecule has 98 valence electrons. The van der Waals surface area contributed by atoms with E-state index in [0.29, 0.717) is 6.04 Å². The van der Waals surface area contributed by atoms with Crippen LogP contribution in [0, 0.1) is 0 Å². The highest BCUT2D eigenvalue weighted by Gasteiger charge is 2.10. The smallest absolute Gasteiger partial charge is 0.0666 e. The second-order valence-corrected chi connectivity index (χ2v) is 4.68. The summed E-state index contributed by atoms with van der Waals surface area (Å²) in [4.78, 5) is 0. The molecule has 0 bridgehead atoms. The van der Waals surface area contributed by atoms with Crippen LogP contribution in [0.15, 0.2) is 18.6 Å². The minimum absolute atomic E-state index is 0.295. The van der Waals surface area contributed by atoms with Gasteiger partial charge in [-0.25, -0.2) is 0 Å². The number of aromatic nitrogens is 4. The lowest BCUT2D eigenvalue weighted by atomic mass is 10.1. The van der Waals surface area contributed by atoms with E-state index < -0.39 is 0 Å². The van der Waals surface area contributed by atoms with Gasteiger partial charge in [0.1, 0.15) is 0 Å². The Morgan fingerprint density at radius 3 is 2.67 bits per heavy atom. The molecule has 2 rings (SSSR count). The molecule has 2 aromatic rings. The molecule has 0 fully saturated rings. The molecule has 1 unspecified atom stereocenters. The molecule has 0 amide bonds. The van der Waals surface area contributed by atoms with Gasteiger partial charge >= 0.3 is 0 Å². The van der Waals surface area contributed by atoms with E-state index >= 15 is 0 Å². The minimum atomic E-state index is 0.295. The van der Waals surface area contributed by atoms with Crippen LogP contribution >= 0.6 is 0 Å². The van der Waals surface area contributed by atoms with Gasteiger partial charge in [0.25, 0.3) is 0 Å². The fourth-order valence-electron chi connectivity index (χ4n) is 2.07. The monoisotopic (exact) mass is 247 g/mol. The summed E-state index contributed by atoms with van der Waals surface area (Å²) in [7, 11) is 3.90. The normalized spacial score (nSPS) is 12.9. The Hall–Kier alpha value is -1.62. The highest BCUT2D eigenvalue weighted by molar-refractivity contribution is 5.17. The second-order valence-electron chi connectivity index (χ2n) is 4.68. The lowest BCUT2D eigenvalue weighted by Crippen LogP contribution is -2.18. The van der Waals surface area contributed by atoms with Crippen LogP contribution in [0.5, 0.6) is 0 Å². The molecular formula is C13H21N5. The summed E-state index contributed by atoms with van der Waals surface area (Å²) in [5.74, 6) is 0. The summed E-state index contributed by atoms with van der Waals surface area (Å²) >= 11 is 0. The molecule has 0 spiro atoms. The SMILES string of the molecule is CCc1nn(C)cc1CNC(C)c1cnn(C)c1. The predicted molar refractivity (Wildman–Crippen MR) is 71.0 cm³/mol. The lowest BCUT2D eigenvalue weighted by Gasteiger charge is -2.11. The van der Waals surface area contributed by atoms with Crippen molar-refractivity contribution in [1.82, 2.24) is 24.9 Å². The van der Waals surface area contributed by atoms with Crippen LogP contribution in [0.25, 0.3) is 0 Å². The number of nitrogens with one attached hydrogen (secondary N) is 1. The van der Waals surface area contributed by atoms with Gasteiger partial charge in [0, 0.05) is 50.2 Å². The standard InChI is InChI=1S/C13H21N5/c1-5-13-12(9-18(4)16-13)6-14-10(2)11-7-15-17(3)8-11/h7-10,14H,5-6H2,1-4H3. The van der Waals surface area contributed by atoms with Gasteiger partial charge in [-0.1, -0.05) is 6.92 Å². The van der Waals surface area contributed by atoms with E-state index in [1.807, 2.05) is 35.9 Å². The number of hydrogen-bond donors (Lipinski definition) is 1. The van der Waals surface area contributed by atoms with E-state index in [-0.39, 0.29) is 0 Å². The molecule has 2 heterocycles. The van der Waals surface area contributed by atoms with Crippen molar-refractivity contribution < 1.29 is 0 Å². The van der Waals surface area contributed by atoms with Crippen LogP contribution in [-0.2, 0) is 27.1 Å². The minimum Gasteiger partial charge on any atom is -0.306 e. The molecule has 0 aromatic carbocycles. The number of hydrogen-bond acceptors (Lipinski definition) is 3. The second kappa shape index (κ2) is 5.35. The molecule has 1 atom stereocenters. The van der Waals surface area contributed by atoms with Crippen molar-refractivity contribution in [3.8, 4) is 0 Å². The average molecular weight is 247 g/mol. The largest absolute Gasteiger partial charge is 0.306 e. The maximum atomic E-state index is 4.44.